The Morgan fingerprint density at radius 3 is 2.60 bits per heavy atom. The van der Waals surface area contributed by atoms with Gasteiger partial charge in [-0.2, -0.15) is 0 Å². The van der Waals surface area contributed by atoms with Crippen molar-refractivity contribution in [1.82, 2.24) is 15.1 Å². The lowest BCUT2D eigenvalue weighted by Crippen LogP contribution is -2.52. The van der Waals surface area contributed by atoms with Gasteiger partial charge in [0, 0.05) is 39.3 Å². The molecule has 1 aliphatic heterocycles. The van der Waals surface area contributed by atoms with E-state index in [0.717, 1.165) is 12.8 Å². The van der Waals surface area contributed by atoms with Gasteiger partial charge in [-0.15, -0.1) is 0 Å². The average Bonchev–Trinajstić information content (AvgIpc) is 2.37. The van der Waals surface area contributed by atoms with Crippen molar-refractivity contribution in [3.8, 4) is 0 Å². The molecule has 0 aromatic carbocycles. The normalized spacial score (nSPS) is 19.6. The minimum absolute atomic E-state index is 0.0280. The molecule has 2 N–H and O–H groups in total. The van der Waals surface area contributed by atoms with Crippen molar-refractivity contribution in [1.29, 1.82) is 0 Å². The summed E-state index contributed by atoms with van der Waals surface area (Å²) in [6.07, 6.45) is 2.17. The third-order valence-corrected chi connectivity index (χ3v) is 3.64. The van der Waals surface area contributed by atoms with Gasteiger partial charge < -0.3 is 20.2 Å². The van der Waals surface area contributed by atoms with E-state index in [2.05, 4.69) is 5.32 Å². The Kier molecular flexibility index (Phi) is 5.80. The third-order valence-electron chi connectivity index (χ3n) is 3.64. The predicted octanol–water partition coefficient (Wildman–Crippen LogP) is 0.657. The number of rotatable bonds is 4. The maximum atomic E-state index is 12.3. The van der Waals surface area contributed by atoms with Gasteiger partial charge in [-0.3, -0.25) is 4.79 Å². The van der Waals surface area contributed by atoms with Crippen molar-refractivity contribution in [2.75, 3.05) is 33.8 Å². The first-order valence-corrected chi connectivity index (χ1v) is 7.16. The van der Waals surface area contributed by atoms with Gasteiger partial charge >= 0.3 is 6.03 Å². The zero-order valence-electron chi connectivity index (χ0n) is 13.0. The number of nitrogens with zero attached hydrogens (tertiary/aromatic N) is 2. The van der Waals surface area contributed by atoms with Gasteiger partial charge in [0.25, 0.3) is 0 Å². The fraction of sp³-hybridized carbons (Fsp3) is 0.857. The molecule has 1 fully saturated rings. The Balaban J connectivity index is 2.58. The Labute approximate surface area is 121 Å². The van der Waals surface area contributed by atoms with E-state index in [1.54, 1.807) is 19.0 Å². The number of nitrogens with one attached hydrogen (secondary N) is 1. The number of carbonyl (C=O) groups excluding carboxylic acids is 2. The van der Waals surface area contributed by atoms with E-state index in [9.17, 15) is 9.59 Å². The van der Waals surface area contributed by atoms with Crippen LogP contribution in [-0.2, 0) is 4.79 Å². The lowest BCUT2D eigenvalue weighted by molar-refractivity contribution is -0.128. The summed E-state index contributed by atoms with van der Waals surface area (Å²) in [7, 11) is 3.44. The molecule has 1 heterocycles. The molecule has 1 unspecified atom stereocenters. The molecule has 1 rings (SSSR count). The van der Waals surface area contributed by atoms with Crippen LogP contribution in [0.2, 0.25) is 0 Å². The van der Waals surface area contributed by atoms with Crippen LogP contribution >= 0.6 is 0 Å². The topological polar surface area (TPSA) is 72.9 Å². The summed E-state index contributed by atoms with van der Waals surface area (Å²) in [5, 5.41) is 12.0. The smallest absolute Gasteiger partial charge is 0.319 e. The predicted molar refractivity (Wildman–Crippen MR) is 77.3 cm³/mol. The molecular formula is C14H27N3O3. The average molecular weight is 285 g/mol. The van der Waals surface area contributed by atoms with Crippen LogP contribution in [0.3, 0.4) is 0 Å². The van der Waals surface area contributed by atoms with Crippen LogP contribution in [0.1, 0.15) is 33.1 Å². The second kappa shape index (κ2) is 6.92. The second-order valence-corrected chi connectivity index (χ2v) is 6.31. The van der Waals surface area contributed by atoms with Crippen LogP contribution in [0.15, 0.2) is 0 Å². The molecule has 0 aromatic heterocycles. The number of aliphatic hydroxyl groups excluding tert-OH is 1. The zero-order chi connectivity index (χ0) is 15.3. The van der Waals surface area contributed by atoms with Gasteiger partial charge in [0.2, 0.25) is 5.91 Å². The molecule has 0 spiro atoms. The molecule has 0 aliphatic carbocycles. The van der Waals surface area contributed by atoms with Gasteiger partial charge in [-0.05, 0) is 33.1 Å². The van der Waals surface area contributed by atoms with E-state index >= 15 is 0 Å². The molecule has 20 heavy (non-hydrogen) atoms. The Morgan fingerprint density at radius 2 is 2.05 bits per heavy atom. The Bertz CT molecular complexity index is 356. The molecule has 0 bridgehead atoms. The molecule has 0 radical (unpaired) electrons. The van der Waals surface area contributed by atoms with Crippen molar-refractivity contribution in [2.24, 2.45) is 5.92 Å². The summed E-state index contributed by atoms with van der Waals surface area (Å²) in [5.41, 5.74) is -0.417. The second-order valence-electron chi connectivity index (χ2n) is 6.31. The Morgan fingerprint density at radius 1 is 1.40 bits per heavy atom. The van der Waals surface area contributed by atoms with Crippen molar-refractivity contribution < 1.29 is 14.7 Å². The number of hydrogen-bond donors (Lipinski definition) is 2. The fourth-order valence-corrected chi connectivity index (χ4v) is 2.43. The van der Waals surface area contributed by atoms with Crippen molar-refractivity contribution in [2.45, 2.75) is 38.6 Å². The van der Waals surface area contributed by atoms with Gasteiger partial charge in [-0.25, -0.2) is 4.79 Å². The molecule has 6 nitrogen and oxygen atoms in total. The maximum absolute atomic E-state index is 12.3. The van der Waals surface area contributed by atoms with Crippen LogP contribution in [0, 0.1) is 5.92 Å². The van der Waals surface area contributed by atoms with Crippen LogP contribution in [0.25, 0.3) is 0 Å². The van der Waals surface area contributed by atoms with Gasteiger partial charge in [-0.1, -0.05) is 0 Å². The van der Waals surface area contributed by atoms with E-state index in [-0.39, 0.29) is 24.5 Å². The van der Waals surface area contributed by atoms with Crippen molar-refractivity contribution in [3.63, 3.8) is 0 Å². The van der Waals surface area contributed by atoms with Gasteiger partial charge in [0.1, 0.15) is 0 Å². The minimum atomic E-state index is -0.417. The summed E-state index contributed by atoms with van der Waals surface area (Å²) in [6, 6.07) is -0.0443. The zero-order valence-corrected chi connectivity index (χ0v) is 13.0. The third kappa shape index (κ3) is 4.67. The number of carbonyl (C=O) groups is 2. The molecule has 3 amide bonds. The lowest BCUT2D eigenvalue weighted by atomic mass is 9.94. The quantitative estimate of drug-likeness (QED) is 0.797. The summed E-state index contributed by atoms with van der Waals surface area (Å²) in [5.74, 6) is -0.190. The highest BCUT2D eigenvalue weighted by Crippen LogP contribution is 2.19. The molecular weight excluding hydrogens is 258 g/mol. The monoisotopic (exact) mass is 285 g/mol. The van der Waals surface area contributed by atoms with E-state index in [4.69, 9.17) is 5.11 Å². The highest BCUT2D eigenvalue weighted by molar-refractivity contribution is 5.81. The van der Waals surface area contributed by atoms with Crippen LogP contribution in [0.4, 0.5) is 4.79 Å². The van der Waals surface area contributed by atoms with Crippen LogP contribution < -0.4 is 5.32 Å². The van der Waals surface area contributed by atoms with Gasteiger partial charge in [0.05, 0.1) is 5.92 Å². The van der Waals surface area contributed by atoms with Crippen molar-refractivity contribution >= 4 is 11.9 Å². The maximum Gasteiger partial charge on any atom is 0.319 e. The van der Waals surface area contributed by atoms with Crippen molar-refractivity contribution in [3.05, 3.63) is 0 Å². The minimum Gasteiger partial charge on any atom is -0.396 e. The Hall–Kier alpha value is -1.30. The summed E-state index contributed by atoms with van der Waals surface area (Å²) in [6.45, 7) is 5.02. The fourth-order valence-electron chi connectivity index (χ4n) is 2.43. The number of aliphatic hydroxyl groups is 1. The van der Waals surface area contributed by atoms with E-state index < -0.39 is 5.54 Å². The molecule has 0 saturated carbocycles. The molecule has 1 saturated heterocycles. The summed E-state index contributed by atoms with van der Waals surface area (Å²) in [4.78, 5) is 27.5. The van der Waals surface area contributed by atoms with Crippen LogP contribution in [-0.4, -0.2) is 66.2 Å². The number of likely N-dealkylation sites (tertiary alicyclic amines) is 1. The number of hydrogen-bond acceptors (Lipinski definition) is 3. The SMILES string of the molecule is CN(C)C(=O)N1CCCC(C(=O)NC(C)(C)CCO)C1. The highest BCUT2D eigenvalue weighted by atomic mass is 16.3. The van der Waals surface area contributed by atoms with E-state index in [0.29, 0.717) is 19.5 Å². The van der Waals surface area contributed by atoms with E-state index in [1.807, 2.05) is 13.8 Å². The lowest BCUT2D eigenvalue weighted by Gasteiger charge is -2.35. The molecule has 1 atom stereocenters. The van der Waals surface area contributed by atoms with Crippen LogP contribution in [0.5, 0.6) is 0 Å². The number of urea groups is 1. The molecule has 1 aliphatic rings. The summed E-state index contributed by atoms with van der Waals surface area (Å²) < 4.78 is 0. The summed E-state index contributed by atoms with van der Waals surface area (Å²) >= 11 is 0. The standard InChI is InChI=1S/C14H27N3O3/c1-14(2,7-9-18)15-12(19)11-6-5-8-17(10-11)13(20)16(3)4/h11,18H,5-10H2,1-4H3,(H,15,19). The first kappa shape index (κ1) is 16.8. The largest absolute Gasteiger partial charge is 0.396 e. The number of amides is 3. The van der Waals surface area contributed by atoms with E-state index in [1.165, 1.54) is 4.90 Å². The first-order valence-electron chi connectivity index (χ1n) is 7.16. The first-order chi connectivity index (χ1) is 9.26. The molecule has 116 valence electrons. The highest BCUT2D eigenvalue weighted by Gasteiger charge is 2.31. The number of piperidine rings is 1. The van der Waals surface area contributed by atoms with Gasteiger partial charge in [0.15, 0.2) is 0 Å². The molecule has 0 aromatic rings. The molecule has 6 heteroatoms.